The summed E-state index contributed by atoms with van der Waals surface area (Å²) in [5.41, 5.74) is 8.58. The van der Waals surface area contributed by atoms with Gasteiger partial charge in [0.25, 0.3) is 5.91 Å². The molecule has 0 aromatic heterocycles. The first-order valence-corrected chi connectivity index (χ1v) is 6.44. The van der Waals surface area contributed by atoms with Crippen LogP contribution in [0.2, 0.25) is 0 Å². The largest absolute Gasteiger partial charge is 0.399 e. The van der Waals surface area contributed by atoms with Crippen molar-refractivity contribution >= 4 is 11.6 Å². The Kier molecular flexibility index (Phi) is 3.07. The molecular formula is C16H12FN3O. The number of nitrogen functional groups attached to an aromatic ring is 1. The smallest absolute Gasteiger partial charge is 0.254 e. The maximum atomic E-state index is 13.3. The summed E-state index contributed by atoms with van der Waals surface area (Å²) in [6.45, 7) is 0.643. The second-order valence-corrected chi connectivity index (χ2v) is 4.99. The van der Waals surface area contributed by atoms with Gasteiger partial charge in [-0.1, -0.05) is 6.07 Å². The number of benzene rings is 2. The fourth-order valence-corrected chi connectivity index (χ4v) is 2.51. The van der Waals surface area contributed by atoms with Gasteiger partial charge < -0.3 is 10.6 Å². The lowest BCUT2D eigenvalue weighted by molar-refractivity contribution is 0.0766. The number of hydrogen-bond acceptors (Lipinski definition) is 3. The van der Waals surface area contributed by atoms with Crippen LogP contribution in [0.1, 0.15) is 27.0 Å². The first-order valence-electron chi connectivity index (χ1n) is 6.44. The standard InChI is InChI=1S/C16H12FN3O/c17-13-3-1-10(7-18)12(5-13)9-20-8-11-2-4-14(19)6-15(11)16(20)21/h1-6H,8-9,19H2. The molecule has 104 valence electrons. The summed E-state index contributed by atoms with van der Waals surface area (Å²) in [5.74, 6) is -0.567. The van der Waals surface area contributed by atoms with E-state index in [0.29, 0.717) is 28.9 Å². The number of rotatable bonds is 2. The van der Waals surface area contributed by atoms with Crippen molar-refractivity contribution in [2.45, 2.75) is 13.1 Å². The van der Waals surface area contributed by atoms with Crippen LogP contribution in [-0.4, -0.2) is 10.8 Å². The number of carbonyl (C=O) groups is 1. The molecule has 0 saturated carbocycles. The van der Waals surface area contributed by atoms with E-state index in [2.05, 4.69) is 0 Å². The molecule has 2 aromatic rings. The molecule has 0 spiro atoms. The fraction of sp³-hybridized carbons (Fsp3) is 0.125. The number of amides is 1. The highest BCUT2D eigenvalue weighted by Crippen LogP contribution is 2.27. The van der Waals surface area contributed by atoms with E-state index in [4.69, 9.17) is 11.0 Å². The number of carbonyl (C=O) groups excluding carboxylic acids is 1. The van der Waals surface area contributed by atoms with Crippen molar-refractivity contribution in [3.63, 3.8) is 0 Å². The molecule has 0 fully saturated rings. The van der Waals surface area contributed by atoms with Crippen LogP contribution in [0.4, 0.5) is 10.1 Å². The topological polar surface area (TPSA) is 70.1 Å². The minimum atomic E-state index is -0.419. The molecule has 2 N–H and O–H groups in total. The van der Waals surface area contributed by atoms with E-state index < -0.39 is 5.82 Å². The average molecular weight is 281 g/mol. The van der Waals surface area contributed by atoms with Crippen LogP contribution in [0.15, 0.2) is 36.4 Å². The maximum Gasteiger partial charge on any atom is 0.254 e. The number of hydrogen-bond donors (Lipinski definition) is 1. The molecule has 0 aliphatic carbocycles. The molecule has 5 heteroatoms. The van der Waals surface area contributed by atoms with E-state index >= 15 is 0 Å². The minimum Gasteiger partial charge on any atom is -0.399 e. The summed E-state index contributed by atoms with van der Waals surface area (Å²) < 4.78 is 13.3. The Labute approximate surface area is 121 Å². The first kappa shape index (κ1) is 13.1. The monoisotopic (exact) mass is 281 g/mol. The quantitative estimate of drug-likeness (QED) is 0.859. The number of halogens is 1. The molecular weight excluding hydrogens is 269 g/mol. The van der Waals surface area contributed by atoms with Crippen LogP contribution < -0.4 is 5.73 Å². The van der Waals surface area contributed by atoms with Crippen molar-refractivity contribution in [3.05, 3.63) is 64.5 Å². The Morgan fingerprint density at radius 3 is 2.86 bits per heavy atom. The Bertz CT molecular complexity index is 780. The van der Waals surface area contributed by atoms with Gasteiger partial charge in [-0.15, -0.1) is 0 Å². The van der Waals surface area contributed by atoms with E-state index in [0.717, 1.165) is 5.56 Å². The Hall–Kier alpha value is -2.87. The Balaban J connectivity index is 1.90. The summed E-state index contributed by atoms with van der Waals surface area (Å²) in [4.78, 5) is 13.9. The number of anilines is 1. The molecule has 0 radical (unpaired) electrons. The predicted molar refractivity (Wildman–Crippen MR) is 75.5 cm³/mol. The molecule has 0 atom stereocenters. The first-order chi connectivity index (χ1) is 10.1. The summed E-state index contributed by atoms with van der Waals surface area (Å²) in [6, 6.07) is 11.2. The fourth-order valence-electron chi connectivity index (χ4n) is 2.51. The van der Waals surface area contributed by atoms with E-state index in [-0.39, 0.29) is 12.5 Å². The zero-order valence-corrected chi connectivity index (χ0v) is 11.1. The molecule has 0 unspecified atom stereocenters. The molecule has 4 nitrogen and oxygen atoms in total. The maximum absolute atomic E-state index is 13.3. The molecule has 1 aliphatic rings. The van der Waals surface area contributed by atoms with Gasteiger partial charge in [0, 0.05) is 24.3 Å². The second-order valence-electron chi connectivity index (χ2n) is 4.99. The number of nitrogens with zero attached hydrogens (tertiary/aromatic N) is 2. The summed E-state index contributed by atoms with van der Waals surface area (Å²) in [5, 5.41) is 9.07. The Morgan fingerprint density at radius 2 is 2.10 bits per heavy atom. The van der Waals surface area contributed by atoms with Gasteiger partial charge in [-0.2, -0.15) is 5.26 Å². The molecule has 2 aromatic carbocycles. The van der Waals surface area contributed by atoms with Crippen LogP contribution in [0.5, 0.6) is 0 Å². The van der Waals surface area contributed by atoms with Gasteiger partial charge in [-0.3, -0.25) is 4.79 Å². The van der Waals surface area contributed by atoms with E-state index in [1.54, 1.807) is 17.0 Å². The average Bonchev–Trinajstić information content (AvgIpc) is 2.76. The van der Waals surface area contributed by atoms with Gasteiger partial charge in [0.1, 0.15) is 5.82 Å². The Morgan fingerprint density at radius 1 is 1.29 bits per heavy atom. The molecule has 1 aliphatic heterocycles. The zero-order chi connectivity index (χ0) is 15.0. The van der Waals surface area contributed by atoms with Crippen LogP contribution in [0.25, 0.3) is 0 Å². The molecule has 0 saturated heterocycles. The summed E-state index contributed by atoms with van der Waals surface area (Å²) >= 11 is 0. The highest BCUT2D eigenvalue weighted by Gasteiger charge is 2.27. The summed E-state index contributed by atoms with van der Waals surface area (Å²) in [7, 11) is 0. The molecule has 0 bridgehead atoms. The number of fused-ring (bicyclic) bond motifs is 1. The van der Waals surface area contributed by atoms with Gasteiger partial charge in [-0.25, -0.2) is 4.39 Å². The normalized spacial score (nSPS) is 13.1. The third kappa shape index (κ3) is 2.32. The van der Waals surface area contributed by atoms with E-state index in [1.165, 1.54) is 18.2 Å². The van der Waals surface area contributed by atoms with Crippen molar-refractivity contribution < 1.29 is 9.18 Å². The SMILES string of the molecule is N#Cc1ccc(F)cc1CN1Cc2ccc(N)cc2C1=O. The van der Waals surface area contributed by atoms with Crippen molar-refractivity contribution in [3.8, 4) is 6.07 Å². The van der Waals surface area contributed by atoms with E-state index in [1.807, 2.05) is 12.1 Å². The third-order valence-corrected chi connectivity index (χ3v) is 3.56. The van der Waals surface area contributed by atoms with Gasteiger partial charge in [-0.05, 0) is 41.5 Å². The van der Waals surface area contributed by atoms with Gasteiger partial charge >= 0.3 is 0 Å². The second kappa shape index (κ2) is 4.91. The van der Waals surface area contributed by atoms with E-state index in [9.17, 15) is 9.18 Å². The van der Waals surface area contributed by atoms with Crippen molar-refractivity contribution in [1.29, 1.82) is 5.26 Å². The minimum absolute atomic E-state index is 0.148. The van der Waals surface area contributed by atoms with Crippen LogP contribution in [0, 0.1) is 17.1 Å². The number of nitriles is 1. The molecule has 21 heavy (non-hydrogen) atoms. The van der Waals surface area contributed by atoms with Crippen molar-refractivity contribution in [2.75, 3.05) is 5.73 Å². The van der Waals surface area contributed by atoms with Crippen molar-refractivity contribution in [1.82, 2.24) is 4.90 Å². The molecule has 1 amide bonds. The molecule has 3 rings (SSSR count). The summed E-state index contributed by atoms with van der Waals surface area (Å²) in [6.07, 6.45) is 0. The van der Waals surface area contributed by atoms with Gasteiger partial charge in [0.05, 0.1) is 11.6 Å². The lowest BCUT2D eigenvalue weighted by Crippen LogP contribution is -2.23. The number of nitrogens with two attached hydrogens (primary N) is 1. The van der Waals surface area contributed by atoms with Gasteiger partial charge in [0.2, 0.25) is 0 Å². The van der Waals surface area contributed by atoms with Crippen LogP contribution in [-0.2, 0) is 13.1 Å². The van der Waals surface area contributed by atoms with Crippen molar-refractivity contribution in [2.24, 2.45) is 0 Å². The zero-order valence-electron chi connectivity index (χ0n) is 11.1. The lowest BCUT2D eigenvalue weighted by Gasteiger charge is -2.16. The third-order valence-electron chi connectivity index (χ3n) is 3.56. The highest BCUT2D eigenvalue weighted by atomic mass is 19.1. The predicted octanol–water partition coefficient (Wildman–Crippen LogP) is 2.44. The molecule has 1 heterocycles. The highest BCUT2D eigenvalue weighted by molar-refractivity contribution is 5.99. The lowest BCUT2D eigenvalue weighted by atomic mass is 10.1. The van der Waals surface area contributed by atoms with Crippen LogP contribution in [0.3, 0.4) is 0 Å². The van der Waals surface area contributed by atoms with Crippen LogP contribution >= 0.6 is 0 Å². The van der Waals surface area contributed by atoms with Gasteiger partial charge in [0.15, 0.2) is 0 Å².